The predicted octanol–water partition coefficient (Wildman–Crippen LogP) is 2.85. The highest BCUT2D eigenvalue weighted by Crippen LogP contribution is 2.20. The standard InChI is InChI=1S/C14H18BrFN2O/c1-17-10-3-5-11(6-4-10)18-14(19)9-2-7-12(15)13(16)8-9/h2,7-8,10-11,17H,3-6H2,1H3,(H,18,19). The summed E-state index contributed by atoms with van der Waals surface area (Å²) in [4.78, 5) is 12.0. The summed E-state index contributed by atoms with van der Waals surface area (Å²) >= 11 is 3.08. The maximum absolute atomic E-state index is 13.4. The van der Waals surface area contributed by atoms with E-state index in [1.807, 2.05) is 7.05 Å². The Bertz CT molecular complexity index is 459. The van der Waals surface area contributed by atoms with E-state index in [0.29, 0.717) is 16.1 Å². The Kier molecular flexibility index (Phi) is 4.93. The third-order valence-electron chi connectivity index (χ3n) is 3.65. The molecule has 1 aromatic carbocycles. The number of halogens is 2. The second kappa shape index (κ2) is 6.48. The van der Waals surface area contributed by atoms with Gasteiger partial charge in [-0.05, 0) is 66.9 Å². The number of amides is 1. The van der Waals surface area contributed by atoms with Crippen LogP contribution in [0.4, 0.5) is 4.39 Å². The summed E-state index contributed by atoms with van der Waals surface area (Å²) < 4.78 is 13.8. The van der Waals surface area contributed by atoms with Crippen LogP contribution >= 0.6 is 15.9 Å². The molecule has 19 heavy (non-hydrogen) atoms. The number of rotatable bonds is 3. The van der Waals surface area contributed by atoms with Crippen molar-refractivity contribution in [1.29, 1.82) is 0 Å². The molecule has 0 atom stereocenters. The van der Waals surface area contributed by atoms with Gasteiger partial charge in [0.1, 0.15) is 5.82 Å². The molecule has 3 nitrogen and oxygen atoms in total. The maximum Gasteiger partial charge on any atom is 0.251 e. The molecule has 1 aromatic rings. The minimum absolute atomic E-state index is 0.195. The number of hydrogen-bond acceptors (Lipinski definition) is 2. The van der Waals surface area contributed by atoms with Gasteiger partial charge in [-0.2, -0.15) is 0 Å². The summed E-state index contributed by atoms with van der Waals surface area (Å²) in [5.41, 5.74) is 0.372. The van der Waals surface area contributed by atoms with E-state index in [1.165, 1.54) is 6.07 Å². The average molecular weight is 329 g/mol. The molecule has 5 heteroatoms. The van der Waals surface area contributed by atoms with Gasteiger partial charge in [0.15, 0.2) is 0 Å². The summed E-state index contributed by atoms with van der Waals surface area (Å²) in [5, 5.41) is 6.23. The van der Waals surface area contributed by atoms with E-state index in [0.717, 1.165) is 25.7 Å². The molecule has 2 N–H and O–H groups in total. The van der Waals surface area contributed by atoms with Gasteiger partial charge in [-0.15, -0.1) is 0 Å². The van der Waals surface area contributed by atoms with Crippen molar-refractivity contribution in [2.24, 2.45) is 0 Å². The first-order chi connectivity index (χ1) is 9.10. The van der Waals surface area contributed by atoms with Gasteiger partial charge in [-0.3, -0.25) is 4.79 Å². The average Bonchev–Trinajstić information content (AvgIpc) is 2.42. The molecule has 104 valence electrons. The number of nitrogens with one attached hydrogen (secondary N) is 2. The highest BCUT2D eigenvalue weighted by atomic mass is 79.9. The van der Waals surface area contributed by atoms with E-state index in [4.69, 9.17) is 0 Å². The molecule has 1 saturated carbocycles. The molecule has 0 heterocycles. The molecule has 0 radical (unpaired) electrons. The fourth-order valence-electron chi connectivity index (χ4n) is 2.43. The number of carbonyl (C=O) groups excluding carboxylic acids is 1. The minimum Gasteiger partial charge on any atom is -0.349 e. The van der Waals surface area contributed by atoms with Crippen molar-refractivity contribution < 1.29 is 9.18 Å². The molecule has 0 saturated heterocycles. The van der Waals surface area contributed by atoms with E-state index >= 15 is 0 Å². The topological polar surface area (TPSA) is 41.1 Å². The summed E-state index contributed by atoms with van der Waals surface area (Å²) in [6.45, 7) is 0. The van der Waals surface area contributed by atoms with E-state index in [-0.39, 0.29) is 11.9 Å². The molecular weight excluding hydrogens is 311 g/mol. The van der Waals surface area contributed by atoms with Crippen molar-refractivity contribution >= 4 is 21.8 Å². The Morgan fingerprint density at radius 1 is 1.26 bits per heavy atom. The van der Waals surface area contributed by atoms with Crippen LogP contribution in [0.5, 0.6) is 0 Å². The second-order valence-corrected chi connectivity index (χ2v) is 5.79. The Morgan fingerprint density at radius 2 is 1.89 bits per heavy atom. The minimum atomic E-state index is -0.411. The van der Waals surface area contributed by atoms with Crippen LogP contribution in [0, 0.1) is 5.82 Å². The van der Waals surface area contributed by atoms with Crippen molar-refractivity contribution in [2.45, 2.75) is 37.8 Å². The Morgan fingerprint density at radius 3 is 2.47 bits per heavy atom. The first-order valence-corrected chi connectivity index (χ1v) is 7.32. The fraction of sp³-hybridized carbons (Fsp3) is 0.500. The van der Waals surface area contributed by atoms with Crippen LogP contribution in [0.1, 0.15) is 36.0 Å². The van der Waals surface area contributed by atoms with Gasteiger partial charge in [0, 0.05) is 17.6 Å². The molecular formula is C14H18BrFN2O. The fourth-order valence-corrected chi connectivity index (χ4v) is 2.68. The Balaban J connectivity index is 1.92. The smallest absolute Gasteiger partial charge is 0.251 e. The van der Waals surface area contributed by atoms with Crippen LogP contribution < -0.4 is 10.6 Å². The van der Waals surface area contributed by atoms with Crippen molar-refractivity contribution in [3.05, 3.63) is 34.1 Å². The largest absolute Gasteiger partial charge is 0.349 e. The molecule has 1 aliphatic carbocycles. The highest BCUT2D eigenvalue weighted by molar-refractivity contribution is 9.10. The lowest BCUT2D eigenvalue weighted by Gasteiger charge is -2.28. The Hall–Kier alpha value is -0.940. The van der Waals surface area contributed by atoms with Crippen LogP contribution in [0.25, 0.3) is 0 Å². The quantitative estimate of drug-likeness (QED) is 0.895. The van der Waals surface area contributed by atoms with Gasteiger partial charge in [0.05, 0.1) is 4.47 Å². The van der Waals surface area contributed by atoms with Gasteiger partial charge in [0.2, 0.25) is 0 Å². The van der Waals surface area contributed by atoms with Gasteiger partial charge < -0.3 is 10.6 Å². The molecule has 1 aliphatic rings. The molecule has 0 spiro atoms. The molecule has 0 aliphatic heterocycles. The van der Waals surface area contributed by atoms with Crippen molar-refractivity contribution in [3.63, 3.8) is 0 Å². The molecule has 1 fully saturated rings. The van der Waals surface area contributed by atoms with Crippen LogP contribution in [0.2, 0.25) is 0 Å². The van der Waals surface area contributed by atoms with Crippen molar-refractivity contribution in [2.75, 3.05) is 7.05 Å². The SMILES string of the molecule is CNC1CCC(NC(=O)c2ccc(Br)c(F)c2)CC1. The summed E-state index contributed by atoms with van der Waals surface area (Å²) in [7, 11) is 1.97. The van der Waals surface area contributed by atoms with Gasteiger partial charge in [-0.1, -0.05) is 0 Å². The zero-order valence-corrected chi connectivity index (χ0v) is 12.5. The van der Waals surface area contributed by atoms with Crippen LogP contribution in [0.15, 0.2) is 22.7 Å². The molecule has 0 bridgehead atoms. The molecule has 2 rings (SSSR count). The van der Waals surface area contributed by atoms with Gasteiger partial charge >= 0.3 is 0 Å². The number of hydrogen-bond donors (Lipinski definition) is 2. The summed E-state index contributed by atoms with van der Waals surface area (Å²) in [5.74, 6) is -0.606. The first-order valence-electron chi connectivity index (χ1n) is 6.53. The van der Waals surface area contributed by atoms with Gasteiger partial charge in [-0.25, -0.2) is 4.39 Å². The van der Waals surface area contributed by atoms with Crippen LogP contribution in [-0.4, -0.2) is 25.0 Å². The van der Waals surface area contributed by atoms with Crippen molar-refractivity contribution in [1.82, 2.24) is 10.6 Å². The second-order valence-electron chi connectivity index (χ2n) is 4.94. The van der Waals surface area contributed by atoms with Gasteiger partial charge in [0.25, 0.3) is 5.91 Å². The highest BCUT2D eigenvalue weighted by Gasteiger charge is 2.21. The van der Waals surface area contributed by atoms with E-state index in [2.05, 4.69) is 26.6 Å². The van der Waals surface area contributed by atoms with E-state index in [1.54, 1.807) is 12.1 Å². The number of carbonyl (C=O) groups is 1. The lowest BCUT2D eigenvalue weighted by molar-refractivity contribution is 0.0924. The summed E-state index contributed by atoms with van der Waals surface area (Å²) in [6.07, 6.45) is 4.07. The third-order valence-corrected chi connectivity index (χ3v) is 4.30. The zero-order chi connectivity index (χ0) is 13.8. The van der Waals surface area contributed by atoms with E-state index in [9.17, 15) is 9.18 Å². The van der Waals surface area contributed by atoms with Crippen LogP contribution in [0.3, 0.4) is 0 Å². The molecule has 1 amide bonds. The maximum atomic E-state index is 13.4. The molecule has 0 aromatic heterocycles. The monoisotopic (exact) mass is 328 g/mol. The predicted molar refractivity (Wildman–Crippen MR) is 76.7 cm³/mol. The number of benzene rings is 1. The first kappa shape index (κ1) is 14.5. The zero-order valence-electron chi connectivity index (χ0n) is 10.9. The Labute approximate surface area is 121 Å². The third kappa shape index (κ3) is 3.76. The lowest BCUT2D eigenvalue weighted by Crippen LogP contribution is -2.41. The lowest BCUT2D eigenvalue weighted by atomic mass is 9.91. The van der Waals surface area contributed by atoms with Crippen LogP contribution in [-0.2, 0) is 0 Å². The normalized spacial score (nSPS) is 23.1. The molecule has 0 unspecified atom stereocenters. The van der Waals surface area contributed by atoms with Crippen molar-refractivity contribution in [3.8, 4) is 0 Å². The summed E-state index contributed by atoms with van der Waals surface area (Å²) in [6, 6.07) is 5.20. The van der Waals surface area contributed by atoms with E-state index < -0.39 is 5.82 Å².